The van der Waals surface area contributed by atoms with Crippen molar-refractivity contribution in [3.05, 3.63) is 30.1 Å². The van der Waals surface area contributed by atoms with E-state index in [2.05, 4.69) is 4.90 Å². The van der Waals surface area contributed by atoms with Gasteiger partial charge in [-0.25, -0.2) is 4.39 Å². The van der Waals surface area contributed by atoms with Gasteiger partial charge in [0.15, 0.2) is 11.6 Å². The summed E-state index contributed by atoms with van der Waals surface area (Å²) in [4.78, 5) is 16.0. The van der Waals surface area contributed by atoms with Gasteiger partial charge < -0.3 is 9.64 Å². The first-order chi connectivity index (χ1) is 10.2. The second-order valence-corrected chi connectivity index (χ2v) is 5.25. The molecule has 1 aromatic rings. The first kappa shape index (κ1) is 15.8. The molecule has 0 unspecified atom stereocenters. The molecule has 1 aliphatic heterocycles. The number of rotatable bonds is 6. The minimum atomic E-state index is -0.326. The Kier molecular flexibility index (Phi) is 5.99. The Bertz CT molecular complexity index is 459. The lowest BCUT2D eigenvalue weighted by Crippen LogP contribution is -2.49. The third kappa shape index (κ3) is 4.70. The van der Waals surface area contributed by atoms with Crippen LogP contribution in [-0.4, -0.2) is 55.0 Å². The molecule has 1 fully saturated rings. The first-order valence-corrected chi connectivity index (χ1v) is 7.58. The molecule has 0 aliphatic carbocycles. The summed E-state index contributed by atoms with van der Waals surface area (Å²) in [5.74, 6) is 0.224. The van der Waals surface area contributed by atoms with Gasteiger partial charge in [0.1, 0.15) is 6.61 Å². The van der Waals surface area contributed by atoms with E-state index in [1.165, 1.54) is 6.07 Å². The van der Waals surface area contributed by atoms with Crippen molar-refractivity contribution < 1.29 is 13.9 Å². The van der Waals surface area contributed by atoms with Gasteiger partial charge in [0, 0.05) is 39.1 Å². The molecular weight excluding hydrogens is 271 g/mol. The zero-order chi connectivity index (χ0) is 15.1. The fraction of sp³-hybridized carbons (Fsp3) is 0.562. The highest BCUT2D eigenvalue weighted by molar-refractivity contribution is 5.76. The van der Waals surface area contributed by atoms with E-state index in [0.29, 0.717) is 18.8 Å². The highest BCUT2D eigenvalue weighted by atomic mass is 19.1. The lowest BCUT2D eigenvalue weighted by Gasteiger charge is -2.34. The summed E-state index contributed by atoms with van der Waals surface area (Å²) >= 11 is 0. The van der Waals surface area contributed by atoms with Crippen LogP contribution in [0, 0.1) is 5.82 Å². The first-order valence-electron chi connectivity index (χ1n) is 7.58. The van der Waals surface area contributed by atoms with E-state index >= 15 is 0 Å². The average Bonchev–Trinajstić information content (AvgIpc) is 2.50. The molecule has 0 spiro atoms. The number of para-hydroxylation sites is 1. The van der Waals surface area contributed by atoms with Gasteiger partial charge >= 0.3 is 0 Å². The zero-order valence-corrected chi connectivity index (χ0v) is 12.6. The Hall–Kier alpha value is -1.62. The Labute approximate surface area is 125 Å². The number of benzene rings is 1. The van der Waals surface area contributed by atoms with Crippen LogP contribution in [0.25, 0.3) is 0 Å². The Balaban J connectivity index is 1.67. The van der Waals surface area contributed by atoms with Crippen LogP contribution >= 0.6 is 0 Å². The molecule has 0 atom stereocenters. The van der Waals surface area contributed by atoms with Crippen molar-refractivity contribution in [3.8, 4) is 5.75 Å². The molecule has 0 radical (unpaired) electrons. The Morgan fingerprint density at radius 1 is 1.24 bits per heavy atom. The summed E-state index contributed by atoms with van der Waals surface area (Å²) < 4.78 is 18.8. The largest absolute Gasteiger partial charge is 0.489 e. The number of nitrogens with zero attached hydrogens (tertiary/aromatic N) is 2. The third-order valence-corrected chi connectivity index (χ3v) is 3.69. The molecule has 0 bridgehead atoms. The molecule has 116 valence electrons. The minimum Gasteiger partial charge on any atom is -0.489 e. The number of hydrogen-bond acceptors (Lipinski definition) is 3. The van der Waals surface area contributed by atoms with Crippen molar-refractivity contribution in [2.75, 3.05) is 39.3 Å². The van der Waals surface area contributed by atoms with Gasteiger partial charge in [0.05, 0.1) is 0 Å². The maximum atomic E-state index is 13.4. The minimum absolute atomic E-state index is 0.250. The van der Waals surface area contributed by atoms with Crippen molar-refractivity contribution in [2.45, 2.75) is 19.8 Å². The van der Waals surface area contributed by atoms with Gasteiger partial charge in [-0.15, -0.1) is 0 Å². The Morgan fingerprint density at radius 2 is 1.95 bits per heavy atom. The lowest BCUT2D eigenvalue weighted by molar-refractivity contribution is -0.133. The molecule has 0 saturated carbocycles. The molecule has 0 N–H and O–H groups in total. The van der Waals surface area contributed by atoms with Crippen LogP contribution in [0.15, 0.2) is 24.3 Å². The molecule has 2 rings (SSSR count). The second kappa shape index (κ2) is 7.98. The van der Waals surface area contributed by atoms with Crippen molar-refractivity contribution in [2.24, 2.45) is 0 Å². The number of carbonyl (C=O) groups is 1. The van der Waals surface area contributed by atoms with E-state index < -0.39 is 0 Å². The predicted molar refractivity (Wildman–Crippen MR) is 79.8 cm³/mol. The van der Waals surface area contributed by atoms with E-state index in [0.717, 1.165) is 39.1 Å². The molecule has 0 aromatic heterocycles. The molecule has 1 aliphatic rings. The molecule has 1 saturated heterocycles. The summed E-state index contributed by atoms with van der Waals surface area (Å²) in [6.45, 7) is 6.51. The fourth-order valence-electron chi connectivity index (χ4n) is 2.44. The molecule has 1 amide bonds. The summed E-state index contributed by atoms with van der Waals surface area (Å²) in [5.41, 5.74) is 0. The second-order valence-electron chi connectivity index (χ2n) is 5.25. The van der Waals surface area contributed by atoms with Gasteiger partial charge in [-0.2, -0.15) is 0 Å². The van der Waals surface area contributed by atoms with E-state index in [-0.39, 0.29) is 11.7 Å². The number of ether oxygens (including phenoxy) is 1. The number of carbonyl (C=O) groups excluding carboxylic acids is 1. The van der Waals surface area contributed by atoms with Crippen molar-refractivity contribution in [3.63, 3.8) is 0 Å². The van der Waals surface area contributed by atoms with Crippen LogP contribution in [0.2, 0.25) is 0 Å². The zero-order valence-electron chi connectivity index (χ0n) is 12.6. The highest BCUT2D eigenvalue weighted by Crippen LogP contribution is 2.15. The normalized spacial score (nSPS) is 16.0. The predicted octanol–water partition coefficient (Wildman–Crippen LogP) is 2.15. The van der Waals surface area contributed by atoms with E-state index in [4.69, 9.17) is 4.74 Å². The quantitative estimate of drug-likeness (QED) is 0.806. The van der Waals surface area contributed by atoms with Gasteiger partial charge in [-0.05, 0) is 18.6 Å². The lowest BCUT2D eigenvalue weighted by atomic mass is 10.2. The van der Waals surface area contributed by atoms with Crippen LogP contribution in [-0.2, 0) is 4.79 Å². The van der Waals surface area contributed by atoms with Gasteiger partial charge in [-0.1, -0.05) is 19.1 Å². The number of piperazine rings is 1. The van der Waals surface area contributed by atoms with Crippen molar-refractivity contribution >= 4 is 5.91 Å². The molecule has 5 heteroatoms. The smallest absolute Gasteiger partial charge is 0.222 e. The molecule has 4 nitrogen and oxygen atoms in total. The van der Waals surface area contributed by atoms with Gasteiger partial charge in [0.2, 0.25) is 5.91 Å². The Morgan fingerprint density at radius 3 is 2.62 bits per heavy atom. The summed E-state index contributed by atoms with van der Waals surface area (Å²) in [5, 5.41) is 0. The summed E-state index contributed by atoms with van der Waals surface area (Å²) in [6.07, 6.45) is 1.53. The topological polar surface area (TPSA) is 32.8 Å². The molecular formula is C16H23FN2O2. The third-order valence-electron chi connectivity index (χ3n) is 3.69. The van der Waals surface area contributed by atoms with E-state index in [1.54, 1.807) is 18.2 Å². The van der Waals surface area contributed by atoms with E-state index in [1.807, 2.05) is 11.8 Å². The van der Waals surface area contributed by atoms with Crippen LogP contribution in [0.4, 0.5) is 4.39 Å². The van der Waals surface area contributed by atoms with E-state index in [9.17, 15) is 9.18 Å². The number of halogens is 1. The molecule has 1 heterocycles. The van der Waals surface area contributed by atoms with Crippen molar-refractivity contribution in [1.82, 2.24) is 9.80 Å². The average molecular weight is 294 g/mol. The van der Waals surface area contributed by atoms with Crippen LogP contribution < -0.4 is 4.74 Å². The highest BCUT2D eigenvalue weighted by Gasteiger charge is 2.20. The van der Waals surface area contributed by atoms with Gasteiger partial charge in [-0.3, -0.25) is 9.69 Å². The summed E-state index contributed by atoms with van der Waals surface area (Å²) in [6, 6.07) is 6.44. The monoisotopic (exact) mass is 294 g/mol. The van der Waals surface area contributed by atoms with Crippen LogP contribution in [0.3, 0.4) is 0 Å². The number of hydrogen-bond donors (Lipinski definition) is 0. The maximum Gasteiger partial charge on any atom is 0.222 e. The van der Waals surface area contributed by atoms with Crippen molar-refractivity contribution in [1.29, 1.82) is 0 Å². The molecule has 1 aromatic carbocycles. The standard InChI is InChI=1S/C16H23FN2O2/c1-2-5-16(20)19-10-8-18(9-11-19)12-13-21-15-7-4-3-6-14(15)17/h3-4,6-7H,2,5,8-13H2,1H3. The number of amides is 1. The molecule has 21 heavy (non-hydrogen) atoms. The van der Waals surface area contributed by atoms with Crippen LogP contribution in [0.5, 0.6) is 5.75 Å². The van der Waals surface area contributed by atoms with Crippen LogP contribution in [0.1, 0.15) is 19.8 Å². The maximum absolute atomic E-state index is 13.4. The van der Waals surface area contributed by atoms with Gasteiger partial charge in [0.25, 0.3) is 0 Å². The SMILES string of the molecule is CCCC(=O)N1CCN(CCOc2ccccc2F)CC1. The summed E-state index contributed by atoms with van der Waals surface area (Å²) in [7, 11) is 0. The fourth-order valence-corrected chi connectivity index (χ4v) is 2.44.